The average molecular weight is 296 g/mol. The molecular formula is C15H18ClNOS. The van der Waals surface area contributed by atoms with Crippen molar-refractivity contribution >= 4 is 22.9 Å². The van der Waals surface area contributed by atoms with Gasteiger partial charge in [-0.2, -0.15) is 0 Å². The molecule has 0 saturated carbocycles. The maximum absolute atomic E-state index is 6.27. The van der Waals surface area contributed by atoms with E-state index in [1.54, 1.807) is 11.3 Å². The van der Waals surface area contributed by atoms with E-state index in [1.807, 2.05) is 50.4 Å². The predicted octanol–water partition coefficient (Wildman–Crippen LogP) is 4.55. The molecule has 1 aromatic heterocycles. The van der Waals surface area contributed by atoms with Gasteiger partial charge in [-0.3, -0.25) is 0 Å². The lowest BCUT2D eigenvalue weighted by atomic mass is 10.1. The van der Waals surface area contributed by atoms with E-state index in [2.05, 4.69) is 0 Å². The SMILES string of the molecule is Cc1csc(C(N)c2ccc(OC(C)C)cc2)c1Cl. The van der Waals surface area contributed by atoms with Crippen molar-refractivity contribution < 1.29 is 4.74 Å². The minimum absolute atomic E-state index is 0.175. The number of hydrogen-bond acceptors (Lipinski definition) is 3. The van der Waals surface area contributed by atoms with Gasteiger partial charge in [-0.05, 0) is 49.4 Å². The zero-order valence-corrected chi connectivity index (χ0v) is 12.9. The first-order chi connectivity index (χ1) is 8.99. The minimum atomic E-state index is -0.181. The van der Waals surface area contributed by atoms with Crippen molar-refractivity contribution in [1.82, 2.24) is 0 Å². The molecule has 2 nitrogen and oxygen atoms in total. The van der Waals surface area contributed by atoms with E-state index in [9.17, 15) is 0 Å². The third-order valence-corrected chi connectivity index (χ3v) is 4.62. The lowest BCUT2D eigenvalue weighted by molar-refractivity contribution is 0.242. The number of rotatable bonds is 4. The Morgan fingerprint density at radius 2 is 1.84 bits per heavy atom. The summed E-state index contributed by atoms with van der Waals surface area (Å²) in [5.41, 5.74) is 8.39. The van der Waals surface area contributed by atoms with Crippen LogP contribution in [-0.2, 0) is 0 Å². The number of benzene rings is 1. The molecule has 2 rings (SSSR count). The Morgan fingerprint density at radius 1 is 1.21 bits per heavy atom. The first kappa shape index (κ1) is 14.4. The van der Waals surface area contributed by atoms with Gasteiger partial charge in [0.25, 0.3) is 0 Å². The summed E-state index contributed by atoms with van der Waals surface area (Å²) < 4.78 is 5.62. The summed E-state index contributed by atoms with van der Waals surface area (Å²) >= 11 is 7.87. The summed E-state index contributed by atoms with van der Waals surface area (Å²) in [7, 11) is 0. The van der Waals surface area contributed by atoms with E-state index in [-0.39, 0.29) is 12.1 Å². The van der Waals surface area contributed by atoms with Crippen molar-refractivity contribution in [3.05, 3.63) is 50.7 Å². The lowest BCUT2D eigenvalue weighted by Gasteiger charge is -2.13. The van der Waals surface area contributed by atoms with E-state index in [0.29, 0.717) is 0 Å². The van der Waals surface area contributed by atoms with Crippen molar-refractivity contribution in [2.45, 2.75) is 32.9 Å². The van der Waals surface area contributed by atoms with Gasteiger partial charge in [-0.25, -0.2) is 0 Å². The molecule has 0 saturated heterocycles. The Balaban J connectivity index is 2.20. The fourth-order valence-electron chi connectivity index (χ4n) is 1.84. The fourth-order valence-corrected chi connectivity index (χ4v) is 3.18. The molecule has 1 atom stereocenters. The van der Waals surface area contributed by atoms with Crippen molar-refractivity contribution in [2.24, 2.45) is 5.73 Å². The third-order valence-electron chi connectivity index (χ3n) is 2.82. The smallest absolute Gasteiger partial charge is 0.119 e. The summed E-state index contributed by atoms with van der Waals surface area (Å²) in [6.07, 6.45) is 0.175. The van der Waals surface area contributed by atoms with Crippen LogP contribution < -0.4 is 10.5 Å². The van der Waals surface area contributed by atoms with Crippen molar-refractivity contribution in [1.29, 1.82) is 0 Å². The summed E-state index contributed by atoms with van der Waals surface area (Å²) in [6.45, 7) is 6.01. The molecule has 0 aliphatic rings. The lowest BCUT2D eigenvalue weighted by Crippen LogP contribution is -2.11. The molecule has 0 aliphatic heterocycles. The first-order valence-electron chi connectivity index (χ1n) is 6.24. The molecule has 0 bridgehead atoms. The van der Waals surface area contributed by atoms with E-state index in [4.69, 9.17) is 22.1 Å². The molecule has 1 heterocycles. The van der Waals surface area contributed by atoms with Crippen LogP contribution in [-0.4, -0.2) is 6.10 Å². The zero-order valence-electron chi connectivity index (χ0n) is 11.3. The van der Waals surface area contributed by atoms with Gasteiger partial charge in [0.2, 0.25) is 0 Å². The van der Waals surface area contributed by atoms with Crippen LogP contribution in [0.25, 0.3) is 0 Å². The topological polar surface area (TPSA) is 35.2 Å². The number of ether oxygens (including phenoxy) is 1. The highest BCUT2D eigenvalue weighted by Gasteiger charge is 2.16. The largest absolute Gasteiger partial charge is 0.491 e. The molecule has 0 radical (unpaired) electrons. The van der Waals surface area contributed by atoms with Gasteiger partial charge in [-0.15, -0.1) is 11.3 Å². The van der Waals surface area contributed by atoms with Gasteiger partial charge >= 0.3 is 0 Å². The highest BCUT2D eigenvalue weighted by Crippen LogP contribution is 2.34. The summed E-state index contributed by atoms with van der Waals surface area (Å²) in [4.78, 5) is 1.01. The van der Waals surface area contributed by atoms with Gasteiger partial charge in [0.05, 0.1) is 17.2 Å². The molecule has 102 valence electrons. The molecule has 1 unspecified atom stereocenters. The molecule has 19 heavy (non-hydrogen) atoms. The van der Waals surface area contributed by atoms with E-state index in [1.165, 1.54) is 0 Å². The van der Waals surface area contributed by atoms with Crippen LogP contribution >= 0.6 is 22.9 Å². The van der Waals surface area contributed by atoms with Gasteiger partial charge in [0.15, 0.2) is 0 Å². The number of hydrogen-bond donors (Lipinski definition) is 1. The Bertz CT molecular complexity index is 548. The van der Waals surface area contributed by atoms with Crippen LogP contribution in [0.5, 0.6) is 5.75 Å². The van der Waals surface area contributed by atoms with Crippen molar-refractivity contribution in [3.8, 4) is 5.75 Å². The Hall–Kier alpha value is -1.03. The van der Waals surface area contributed by atoms with E-state index < -0.39 is 0 Å². The molecule has 4 heteroatoms. The Kier molecular flexibility index (Phi) is 4.50. The number of nitrogens with two attached hydrogens (primary N) is 1. The molecule has 2 N–H and O–H groups in total. The zero-order chi connectivity index (χ0) is 14.0. The quantitative estimate of drug-likeness (QED) is 0.898. The monoisotopic (exact) mass is 295 g/mol. The molecule has 2 aromatic rings. The van der Waals surface area contributed by atoms with Gasteiger partial charge in [-0.1, -0.05) is 23.7 Å². The minimum Gasteiger partial charge on any atom is -0.491 e. The second-order valence-corrected chi connectivity index (χ2v) is 6.10. The second kappa shape index (κ2) is 5.95. The van der Waals surface area contributed by atoms with Crippen LogP contribution in [0, 0.1) is 6.92 Å². The predicted molar refractivity (Wildman–Crippen MR) is 82.3 cm³/mol. The highest BCUT2D eigenvalue weighted by atomic mass is 35.5. The molecule has 0 fully saturated rings. The normalized spacial score (nSPS) is 12.7. The number of thiophene rings is 1. The standard InChI is InChI=1S/C15H18ClNOS/c1-9(2)18-12-6-4-11(5-7-12)14(17)15-13(16)10(3)8-19-15/h4-9,14H,17H2,1-3H3. The average Bonchev–Trinajstić information content (AvgIpc) is 2.69. The molecule has 0 amide bonds. The number of aryl methyl sites for hydroxylation is 1. The van der Waals surface area contributed by atoms with Crippen molar-refractivity contribution in [2.75, 3.05) is 0 Å². The van der Waals surface area contributed by atoms with Crippen LogP contribution in [0.2, 0.25) is 5.02 Å². The van der Waals surface area contributed by atoms with E-state index in [0.717, 1.165) is 26.8 Å². The van der Waals surface area contributed by atoms with Gasteiger partial charge in [0.1, 0.15) is 5.75 Å². The van der Waals surface area contributed by atoms with Crippen molar-refractivity contribution in [3.63, 3.8) is 0 Å². The first-order valence-corrected chi connectivity index (χ1v) is 7.50. The van der Waals surface area contributed by atoms with Crippen LogP contribution in [0.1, 0.15) is 35.9 Å². The third kappa shape index (κ3) is 3.30. The Labute approximate surface area is 123 Å². The maximum atomic E-state index is 6.27. The molecule has 1 aromatic carbocycles. The fraction of sp³-hybridized carbons (Fsp3) is 0.333. The number of halogens is 1. The summed E-state index contributed by atoms with van der Waals surface area (Å²) in [5, 5.41) is 2.81. The molecule has 0 aliphatic carbocycles. The second-order valence-electron chi connectivity index (χ2n) is 4.81. The van der Waals surface area contributed by atoms with Crippen LogP contribution in [0.15, 0.2) is 29.6 Å². The van der Waals surface area contributed by atoms with Gasteiger partial charge < -0.3 is 10.5 Å². The maximum Gasteiger partial charge on any atom is 0.119 e. The highest BCUT2D eigenvalue weighted by molar-refractivity contribution is 7.10. The van der Waals surface area contributed by atoms with E-state index >= 15 is 0 Å². The van der Waals surface area contributed by atoms with Gasteiger partial charge in [0, 0.05) is 4.88 Å². The van der Waals surface area contributed by atoms with Crippen LogP contribution in [0.4, 0.5) is 0 Å². The van der Waals surface area contributed by atoms with Crippen LogP contribution in [0.3, 0.4) is 0 Å². The summed E-state index contributed by atoms with van der Waals surface area (Å²) in [5.74, 6) is 0.861. The summed E-state index contributed by atoms with van der Waals surface area (Å²) in [6, 6.07) is 7.70. The molecular weight excluding hydrogens is 278 g/mol. The molecule has 0 spiro atoms. The Morgan fingerprint density at radius 3 is 2.32 bits per heavy atom.